The lowest BCUT2D eigenvalue weighted by Crippen LogP contribution is -2.07. The number of fused-ring (bicyclic) bond motifs is 1. The van der Waals surface area contributed by atoms with Crippen LogP contribution in [0.3, 0.4) is 0 Å². The predicted molar refractivity (Wildman–Crippen MR) is 73.1 cm³/mol. The van der Waals surface area contributed by atoms with Gasteiger partial charge in [-0.05, 0) is 23.9 Å². The molecule has 100 valence electrons. The standard InChI is InChI=1S/C15H16O4/c1-9(15(16)17)10-4-5-13-11(6-10)7-12(18-2)8-14(13)19-3/h4-9H,1-3H3,(H,16,17). The first kappa shape index (κ1) is 13.2. The number of aliphatic carboxylic acids is 1. The second-order valence-electron chi connectivity index (χ2n) is 4.37. The smallest absolute Gasteiger partial charge is 0.310 e. The Morgan fingerprint density at radius 1 is 1.16 bits per heavy atom. The Balaban J connectivity index is 2.61. The van der Waals surface area contributed by atoms with Crippen LogP contribution >= 0.6 is 0 Å². The van der Waals surface area contributed by atoms with E-state index < -0.39 is 11.9 Å². The summed E-state index contributed by atoms with van der Waals surface area (Å²) in [5, 5.41) is 10.9. The van der Waals surface area contributed by atoms with Gasteiger partial charge in [0, 0.05) is 11.5 Å². The quantitative estimate of drug-likeness (QED) is 0.918. The monoisotopic (exact) mass is 260 g/mol. The zero-order valence-corrected chi connectivity index (χ0v) is 11.1. The molecule has 0 amide bonds. The largest absolute Gasteiger partial charge is 0.497 e. The van der Waals surface area contributed by atoms with Crippen molar-refractivity contribution < 1.29 is 19.4 Å². The van der Waals surface area contributed by atoms with E-state index in [1.807, 2.05) is 30.3 Å². The Labute approximate surface area is 111 Å². The Hall–Kier alpha value is -2.23. The minimum absolute atomic E-state index is 0.540. The molecule has 0 saturated carbocycles. The van der Waals surface area contributed by atoms with Crippen LogP contribution in [0.2, 0.25) is 0 Å². The van der Waals surface area contributed by atoms with Crippen molar-refractivity contribution in [3.8, 4) is 11.5 Å². The van der Waals surface area contributed by atoms with Crippen molar-refractivity contribution in [2.24, 2.45) is 0 Å². The Kier molecular flexibility index (Phi) is 3.60. The van der Waals surface area contributed by atoms with Gasteiger partial charge in [0.05, 0.1) is 20.1 Å². The molecule has 0 heterocycles. The molecule has 4 heteroatoms. The van der Waals surface area contributed by atoms with Gasteiger partial charge in [-0.2, -0.15) is 0 Å². The molecule has 0 aliphatic rings. The average molecular weight is 260 g/mol. The van der Waals surface area contributed by atoms with E-state index in [2.05, 4.69) is 0 Å². The van der Waals surface area contributed by atoms with Gasteiger partial charge in [0.15, 0.2) is 0 Å². The number of rotatable bonds is 4. The van der Waals surface area contributed by atoms with E-state index in [0.29, 0.717) is 11.5 Å². The van der Waals surface area contributed by atoms with Gasteiger partial charge in [0.2, 0.25) is 0 Å². The molecule has 0 spiro atoms. The van der Waals surface area contributed by atoms with Crippen LogP contribution in [-0.2, 0) is 4.79 Å². The molecule has 0 radical (unpaired) electrons. The summed E-state index contributed by atoms with van der Waals surface area (Å²) in [4.78, 5) is 11.0. The van der Waals surface area contributed by atoms with Gasteiger partial charge in [-0.3, -0.25) is 4.79 Å². The van der Waals surface area contributed by atoms with Crippen LogP contribution in [0.4, 0.5) is 0 Å². The SMILES string of the molecule is COc1cc(OC)c2ccc(C(C)C(=O)O)cc2c1. The van der Waals surface area contributed by atoms with Crippen LogP contribution in [0, 0.1) is 0 Å². The highest BCUT2D eigenvalue weighted by molar-refractivity contribution is 5.91. The Bertz CT molecular complexity index is 619. The molecule has 0 bridgehead atoms. The molecule has 2 aromatic rings. The highest BCUT2D eigenvalue weighted by Gasteiger charge is 2.15. The molecule has 0 aliphatic heterocycles. The van der Waals surface area contributed by atoms with Crippen LogP contribution in [0.5, 0.6) is 11.5 Å². The van der Waals surface area contributed by atoms with E-state index in [0.717, 1.165) is 16.3 Å². The molecule has 0 saturated heterocycles. The third-order valence-electron chi connectivity index (χ3n) is 3.24. The maximum absolute atomic E-state index is 11.0. The third-order valence-corrected chi connectivity index (χ3v) is 3.24. The van der Waals surface area contributed by atoms with Crippen LogP contribution in [0.15, 0.2) is 30.3 Å². The zero-order valence-electron chi connectivity index (χ0n) is 11.1. The number of carboxylic acids is 1. The molecule has 0 aliphatic carbocycles. The van der Waals surface area contributed by atoms with E-state index in [-0.39, 0.29) is 0 Å². The zero-order chi connectivity index (χ0) is 14.0. The van der Waals surface area contributed by atoms with Crippen molar-refractivity contribution >= 4 is 16.7 Å². The summed E-state index contributed by atoms with van der Waals surface area (Å²) >= 11 is 0. The normalized spacial score (nSPS) is 12.2. The molecule has 19 heavy (non-hydrogen) atoms. The molecular formula is C15H16O4. The molecule has 2 aromatic carbocycles. The molecule has 1 unspecified atom stereocenters. The summed E-state index contributed by atoms with van der Waals surface area (Å²) in [6.07, 6.45) is 0. The first-order valence-electron chi connectivity index (χ1n) is 5.95. The molecule has 0 fully saturated rings. The predicted octanol–water partition coefficient (Wildman–Crippen LogP) is 3.05. The van der Waals surface area contributed by atoms with E-state index >= 15 is 0 Å². The van der Waals surface area contributed by atoms with Crippen molar-refractivity contribution in [3.05, 3.63) is 35.9 Å². The highest BCUT2D eigenvalue weighted by Crippen LogP contribution is 2.33. The summed E-state index contributed by atoms with van der Waals surface area (Å²) in [6, 6.07) is 9.23. The lowest BCUT2D eigenvalue weighted by Gasteiger charge is -2.12. The number of carboxylic acid groups (broad SMARTS) is 1. The van der Waals surface area contributed by atoms with Crippen LogP contribution in [0.1, 0.15) is 18.4 Å². The molecular weight excluding hydrogens is 244 g/mol. The van der Waals surface area contributed by atoms with Crippen molar-refractivity contribution in [2.45, 2.75) is 12.8 Å². The van der Waals surface area contributed by atoms with E-state index in [1.165, 1.54) is 0 Å². The second-order valence-corrected chi connectivity index (χ2v) is 4.37. The van der Waals surface area contributed by atoms with Crippen LogP contribution < -0.4 is 9.47 Å². The average Bonchev–Trinajstić information content (AvgIpc) is 2.44. The Morgan fingerprint density at radius 2 is 1.89 bits per heavy atom. The fourth-order valence-corrected chi connectivity index (χ4v) is 2.03. The molecule has 4 nitrogen and oxygen atoms in total. The fraction of sp³-hybridized carbons (Fsp3) is 0.267. The van der Waals surface area contributed by atoms with Gasteiger partial charge >= 0.3 is 5.97 Å². The minimum Gasteiger partial charge on any atom is -0.497 e. The fourth-order valence-electron chi connectivity index (χ4n) is 2.03. The van der Waals surface area contributed by atoms with Gasteiger partial charge in [0.25, 0.3) is 0 Å². The van der Waals surface area contributed by atoms with Crippen LogP contribution in [0.25, 0.3) is 10.8 Å². The number of benzene rings is 2. The molecule has 1 atom stereocenters. The summed E-state index contributed by atoms with van der Waals surface area (Å²) in [5.74, 6) is 0.0177. The molecule has 0 aromatic heterocycles. The van der Waals surface area contributed by atoms with Gasteiger partial charge < -0.3 is 14.6 Å². The maximum atomic E-state index is 11.0. The summed E-state index contributed by atoms with van der Waals surface area (Å²) in [6.45, 7) is 1.67. The number of ether oxygens (including phenoxy) is 2. The van der Waals surface area contributed by atoms with Gasteiger partial charge in [-0.1, -0.05) is 18.2 Å². The number of carbonyl (C=O) groups is 1. The van der Waals surface area contributed by atoms with Gasteiger partial charge in [-0.15, -0.1) is 0 Å². The maximum Gasteiger partial charge on any atom is 0.310 e. The second kappa shape index (κ2) is 5.18. The lowest BCUT2D eigenvalue weighted by molar-refractivity contribution is -0.138. The van der Waals surface area contributed by atoms with Gasteiger partial charge in [0.1, 0.15) is 11.5 Å². The number of hydrogen-bond donors (Lipinski definition) is 1. The summed E-state index contributed by atoms with van der Waals surface area (Å²) in [5.41, 5.74) is 0.760. The number of methoxy groups -OCH3 is 2. The first-order valence-corrected chi connectivity index (χ1v) is 5.95. The minimum atomic E-state index is -0.839. The van der Waals surface area contributed by atoms with Crippen molar-refractivity contribution in [1.29, 1.82) is 0 Å². The third kappa shape index (κ3) is 2.47. The van der Waals surface area contributed by atoms with E-state index in [9.17, 15) is 4.79 Å². The summed E-state index contributed by atoms with van der Waals surface area (Å²) < 4.78 is 10.5. The Morgan fingerprint density at radius 3 is 2.47 bits per heavy atom. The van der Waals surface area contributed by atoms with Crippen LogP contribution in [-0.4, -0.2) is 25.3 Å². The van der Waals surface area contributed by atoms with E-state index in [4.69, 9.17) is 14.6 Å². The van der Waals surface area contributed by atoms with E-state index in [1.54, 1.807) is 21.1 Å². The van der Waals surface area contributed by atoms with Crippen molar-refractivity contribution in [2.75, 3.05) is 14.2 Å². The van der Waals surface area contributed by atoms with Crippen molar-refractivity contribution in [3.63, 3.8) is 0 Å². The topological polar surface area (TPSA) is 55.8 Å². The van der Waals surface area contributed by atoms with Gasteiger partial charge in [-0.25, -0.2) is 0 Å². The summed E-state index contributed by atoms with van der Waals surface area (Å²) in [7, 11) is 3.19. The van der Waals surface area contributed by atoms with Crippen molar-refractivity contribution in [1.82, 2.24) is 0 Å². The molecule has 2 rings (SSSR count). The molecule has 1 N–H and O–H groups in total. The number of hydrogen-bond acceptors (Lipinski definition) is 3. The highest BCUT2D eigenvalue weighted by atomic mass is 16.5. The first-order chi connectivity index (χ1) is 9.06. The lowest BCUT2D eigenvalue weighted by atomic mass is 9.97.